The number of amides is 1. The molecule has 2 aliphatic rings. The Morgan fingerprint density at radius 3 is 2.67 bits per heavy atom. The molecule has 0 radical (unpaired) electrons. The highest BCUT2D eigenvalue weighted by atomic mass is 19.1. The van der Waals surface area contributed by atoms with Crippen molar-refractivity contribution in [2.45, 2.75) is 6.04 Å². The molecule has 156 valence electrons. The smallest absolute Gasteiger partial charge is 0.263 e. The van der Waals surface area contributed by atoms with Crippen LogP contribution in [-0.4, -0.2) is 81.0 Å². The van der Waals surface area contributed by atoms with Gasteiger partial charge in [0.05, 0.1) is 55.4 Å². The first-order valence-electron chi connectivity index (χ1n) is 9.58. The Labute approximate surface area is 170 Å². The van der Waals surface area contributed by atoms with Crippen molar-refractivity contribution < 1.29 is 13.9 Å². The highest BCUT2D eigenvalue weighted by molar-refractivity contribution is 6.12. The number of carbonyl (C=O) groups excluding carboxylic acids is 1. The van der Waals surface area contributed by atoms with E-state index < -0.39 is 11.7 Å². The van der Waals surface area contributed by atoms with Gasteiger partial charge in [0.15, 0.2) is 17.3 Å². The lowest BCUT2D eigenvalue weighted by Gasteiger charge is -2.43. The van der Waals surface area contributed by atoms with Crippen LogP contribution in [0, 0.1) is 5.82 Å². The van der Waals surface area contributed by atoms with E-state index in [1.54, 1.807) is 6.20 Å². The second-order valence-corrected chi connectivity index (χ2v) is 7.26. The number of nitrogens with two attached hydrogens (primary N) is 1. The molecule has 0 atom stereocenters. The minimum Gasteiger partial charge on any atom is -0.381 e. The maximum Gasteiger partial charge on any atom is 0.263 e. The van der Waals surface area contributed by atoms with Crippen LogP contribution in [0.4, 0.5) is 21.6 Å². The van der Waals surface area contributed by atoms with Gasteiger partial charge in [0.1, 0.15) is 5.56 Å². The molecule has 2 saturated heterocycles. The highest BCUT2D eigenvalue weighted by Crippen LogP contribution is 2.27. The summed E-state index contributed by atoms with van der Waals surface area (Å²) in [5.41, 5.74) is 7.43. The van der Waals surface area contributed by atoms with E-state index in [9.17, 15) is 9.18 Å². The Hall–Kier alpha value is -3.38. The number of nitrogens with zero attached hydrogens (tertiary/aromatic N) is 7. The molecule has 30 heavy (non-hydrogen) atoms. The van der Waals surface area contributed by atoms with Gasteiger partial charge >= 0.3 is 0 Å². The fourth-order valence-corrected chi connectivity index (χ4v) is 3.76. The number of nitrogens with one attached hydrogen (secondary N) is 1. The van der Waals surface area contributed by atoms with Crippen molar-refractivity contribution in [1.82, 2.24) is 29.7 Å². The minimum atomic E-state index is -0.579. The van der Waals surface area contributed by atoms with Gasteiger partial charge < -0.3 is 20.7 Å². The zero-order chi connectivity index (χ0) is 20.7. The zero-order valence-corrected chi connectivity index (χ0v) is 16.0. The molecule has 3 aromatic rings. The molecule has 2 aliphatic heterocycles. The molecule has 0 bridgehead atoms. The predicted octanol–water partition coefficient (Wildman–Crippen LogP) is 0.0137. The largest absolute Gasteiger partial charge is 0.381 e. The Morgan fingerprint density at radius 1 is 1.17 bits per heavy atom. The van der Waals surface area contributed by atoms with Crippen LogP contribution in [0.1, 0.15) is 10.4 Å². The lowest BCUT2D eigenvalue weighted by molar-refractivity contribution is -0.0660. The number of piperazine rings is 1. The van der Waals surface area contributed by atoms with Crippen molar-refractivity contribution in [1.29, 1.82) is 0 Å². The Morgan fingerprint density at radius 2 is 1.93 bits per heavy atom. The number of ether oxygens (including phenoxy) is 1. The van der Waals surface area contributed by atoms with Crippen LogP contribution < -0.4 is 16.0 Å². The number of hydrogen-bond acceptors (Lipinski definition) is 9. The second-order valence-electron chi connectivity index (χ2n) is 7.26. The average Bonchev–Trinajstić information content (AvgIpc) is 3.02. The number of anilines is 3. The summed E-state index contributed by atoms with van der Waals surface area (Å²) in [5, 5.41) is 14.7. The van der Waals surface area contributed by atoms with E-state index in [0.717, 1.165) is 62.0 Å². The first-order chi connectivity index (χ1) is 14.6. The molecule has 5 heterocycles. The Balaban J connectivity index is 1.36. The molecule has 0 unspecified atom stereocenters. The van der Waals surface area contributed by atoms with Crippen LogP contribution in [0.2, 0.25) is 0 Å². The van der Waals surface area contributed by atoms with Crippen LogP contribution in [0.5, 0.6) is 0 Å². The molecule has 1 amide bonds. The number of carbonyl (C=O) groups is 1. The quantitative estimate of drug-likeness (QED) is 0.608. The Bertz CT molecular complexity index is 1090. The third-order valence-corrected chi connectivity index (χ3v) is 5.44. The van der Waals surface area contributed by atoms with Gasteiger partial charge in [0.2, 0.25) is 0 Å². The summed E-state index contributed by atoms with van der Waals surface area (Å²) >= 11 is 0. The van der Waals surface area contributed by atoms with Crippen LogP contribution in [-0.2, 0) is 4.74 Å². The molecule has 0 spiro atoms. The van der Waals surface area contributed by atoms with Crippen molar-refractivity contribution in [3.63, 3.8) is 0 Å². The Kier molecular flexibility index (Phi) is 4.64. The second kappa shape index (κ2) is 7.46. The molecule has 2 fully saturated rings. The van der Waals surface area contributed by atoms with Gasteiger partial charge in [-0.2, -0.15) is 10.2 Å². The van der Waals surface area contributed by atoms with Crippen molar-refractivity contribution in [3.05, 3.63) is 36.2 Å². The van der Waals surface area contributed by atoms with E-state index in [1.165, 1.54) is 6.20 Å². The molecule has 12 heteroatoms. The van der Waals surface area contributed by atoms with Crippen LogP contribution in [0.15, 0.2) is 24.8 Å². The van der Waals surface area contributed by atoms with Crippen molar-refractivity contribution in [2.75, 3.05) is 55.3 Å². The number of rotatable bonds is 4. The van der Waals surface area contributed by atoms with Gasteiger partial charge in [-0.1, -0.05) is 0 Å². The van der Waals surface area contributed by atoms with Crippen molar-refractivity contribution >= 4 is 28.7 Å². The fourth-order valence-electron chi connectivity index (χ4n) is 3.76. The van der Waals surface area contributed by atoms with E-state index in [1.807, 2.05) is 0 Å². The summed E-state index contributed by atoms with van der Waals surface area (Å²) in [4.78, 5) is 21.5. The van der Waals surface area contributed by atoms with E-state index >= 15 is 0 Å². The van der Waals surface area contributed by atoms with E-state index in [-0.39, 0.29) is 17.0 Å². The lowest BCUT2D eigenvalue weighted by atomic mass is 10.1. The molecule has 3 N–H and O–H groups in total. The standard InChI is InChI=1S/C18H20FN9O2/c19-11-5-21-17-15(16(20)25-28(17)8-11)18(29)24-13-6-22-23-7-14(13)27-3-1-26(2-4-27)12-9-30-10-12/h5-8,12H,1-4,9-10H2,(H2,20,25)(H,23,24,29). The number of fused-ring (bicyclic) bond motifs is 1. The summed E-state index contributed by atoms with van der Waals surface area (Å²) in [6, 6.07) is 0.498. The monoisotopic (exact) mass is 413 g/mol. The van der Waals surface area contributed by atoms with Gasteiger partial charge in [-0.3, -0.25) is 9.69 Å². The molecule has 0 aromatic carbocycles. The fraction of sp³-hybridized carbons (Fsp3) is 0.389. The van der Waals surface area contributed by atoms with E-state index in [4.69, 9.17) is 10.5 Å². The predicted molar refractivity (Wildman–Crippen MR) is 106 cm³/mol. The van der Waals surface area contributed by atoms with Gasteiger partial charge in [0, 0.05) is 26.2 Å². The topological polar surface area (TPSA) is 127 Å². The van der Waals surface area contributed by atoms with E-state index in [0.29, 0.717) is 11.7 Å². The maximum absolute atomic E-state index is 13.4. The maximum atomic E-state index is 13.4. The number of hydrogen-bond donors (Lipinski definition) is 2. The molecule has 11 nitrogen and oxygen atoms in total. The van der Waals surface area contributed by atoms with Crippen molar-refractivity contribution in [3.8, 4) is 0 Å². The summed E-state index contributed by atoms with van der Waals surface area (Å²) in [7, 11) is 0. The number of aromatic nitrogens is 5. The third-order valence-electron chi connectivity index (χ3n) is 5.44. The summed E-state index contributed by atoms with van der Waals surface area (Å²) in [6.07, 6.45) is 5.25. The minimum absolute atomic E-state index is 0.0366. The first kappa shape index (κ1) is 18.6. The summed E-state index contributed by atoms with van der Waals surface area (Å²) in [5.74, 6) is -1.11. The highest BCUT2D eigenvalue weighted by Gasteiger charge is 2.30. The summed E-state index contributed by atoms with van der Waals surface area (Å²) < 4.78 is 19.8. The van der Waals surface area contributed by atoms with Crippen molar-refractivity contribution in [2.24, 2.45) is 0 Å². The third kappa shape index (κ3) is 3.29. The molecule has 0 aliphatic carbocycles. The average molecular weight is 413 g/mol. The molecular formula is C18H20FN9O2. The van der Waals surface area contributed by atoms with Crippen LogP contribution in [0.25, 0.3) is 5.65 Å². The van der Waals surface area contributed by atoms with Gasteiger partial charge in [-0.15, -0.1) is 5.10 Å². The molecule has 0 saturated carbocycles. The van der Waals surface area contributed by atoms with Crippen LogP contribution >= 0.6 is 0 Å². The first-order valence-corrected chi connectivity index (χ1v) is 9.58. The SMILES string of the molecule is Nc1nn2cc(F)cnc2c1C(=O)Nc1cnncc1N1CCN(C2COC2)CC1. The van der Waals surface area contributed by atoms with Gasteiger partial charge in [-0.25, -0.2) is 13.9 Å². The zero-order valence-electron chi connectivity index (χ0n) is 16.0. The van der Waals surface area contributed by atoms with Gasteiger partial charge in [0.25, 0.3) is 5.91 Å². The number of halogens is 1. The summed E-state index contributed by atoms with van der Waals surface area (Å²) in [6.45, 7) is 4.98. The molecular weight excluding hydrogens is 393 g/mol. The number of nitrogen functional groups attached to an aromatic ring is 1. The molecule has 5 rings (SSSR count). The van der Waals surface area contributed by atoms with Crippen LogP contribution in [0.3, 0.4) is 0 Å². The molecule has 3 aromatic heterocycles. The van der Waals surface area contributed by atoms with Gasteiger partial charge in [-0.05, 0) is 0 Å². The normalized spacial score (nSPS) is 17.8. The van der Waals surface area contributed by atoms with E-state index in [2.05, 4.69) is 35.4 Å². The lowest BCUT2D eigenvalue weighted by Crippen LogP contribution is -2.56.